The highest BCUT2D eigenvalue weighted by atomic mass is 15.1. The van der Waals surface area contributed by atoms with E-state index in [1.807, 2.05) is 51.4 Å². The van der Waals surface area contributed by atoms with Gasteiger partial charge >= 0.3 is 0 Å². The van der Waals surface area contributed by atoms with Gasteiger partial charge in [-0.1, -0.05) is 30.3 Å². The number of benzene rings is 1. The minimum Gasteiger partial charge on any atom is -0.408 e. The predicted molar refractivity (Wildman–Crippen MR) is 92.7 cm³/mol. The second kappa shape index (κ2) is 4.63. The summed E-state index contributed by atoms with van der Waals surface area (Å²) < 4.78 is 2.05. The third kappa shape index (κ3) is 1.80. The summed E-state index contributed by atoms with van der Waals surface area (Å²) in [7, 11) is 6.00. The molecular weight excluding hydrogens is 273 g/mol. The van der Waals surface area contributed by atoms with Crippen molar-refractivity contribution in [2.75, 3.05) is 11.9 Å². The second-order valence-corrected chi connectivity index (χ2v) is 5.69. The lowest BCUT2D eigenvalue weighted by Crippen LogP contribution is -2.13. The van der Waals surface area contributed by atoms with E-state index in [4.69, 9.17) is 4.98 Å². The first-order valence-electron chi connectivity index (χ1n) is 7.21. The van der Waals surface area contributed by atoms with Gasteiger partial charge in [0.25, 0.3) is 0 Å². The summed E-state index contributed by atoms with van der Waals surface area (Å²) in [4.78, 5) is 14.7. The van der Waals surface area contributed by atoms with E-state index in [0.29, 0.717) is 0 Å². The molecule has 0 unspecified atom stereocenters. The molecule has 0 bridgehead atoms. The molecule has 0 saturated carbocycles. The van der Waals surface area contributed by atoms with Gasteiger partial charge in [-0.2, -0.15) is 0 Å². The SMILES string of the molecule is BN(C)c1nc2[nH]c(-c3ccccc3)cc2c2c1ncn2C. The number of aromatic amines is 1. The molecule has 5 nitrogen and oxygen atoms in total. The van der Waals surface area contributed by atoms with Gasteiger partial charge in [0.1, 0.15) is 17.0 Å². The number of hydrogen-bond donors (Lipinski definition) is 1. The number of aromatic nitrogens is 4. The lowest BCUT2D eigenvalue weighted by Gasteiger charge is -2.12. The number of imidazole rings is 1. The van der Waals surface area contributed by atoms with Crippen LogP contribution in [0.1, 0.15) is 0 Å². The van der Waals surface area contributed by atoms with E-state index in [2.05, 4.69) is 32.7 Å². The Morgan fingerprint density at radius 3 is 2.73 bits per heavy atom. The van der Waals surface area contributed by atoms with Gasteiger partial charge in [0.05, 0.1) is 11.8 Å². The quantitative estimate of drug-likeness (QED) is 0.575. The van der Waals surface area contributed by atoms with E-state index in [9.17, 15) is 0 Å². The Hall–Kier alpha value is -2.76. The highest BCUT2D eigenvalue weighted by Gasteiger charge is 2.16. The van der Waals surface area contributed by atoms with Gasteiger partial charge in [-0.25, -0.2) is 9.97 Å². The van der Waals surface area contributed by atoms with E-state index >= 15 is 0 Å². The third-order valence-corrected chi connectivity index (χ3v) is 3.93. The van der Waals surface area contributed by atoms with Crippen molar-refractivity contribution in [3.05, 3.63) is 42.7 Å². The predicted octanol–water partition coefficient (Wildman–Crippen LogP) is 2.10. The van der Waals surface area contributed by atoms with Crippen LogP contribution in [0, 0.1) is 0 Å². The first-order valence-corrected chi connectivity index (χ1v) is 7.21. The molecule has 0 radical (unpaired) electrons. The Morgan fingerprint density at radius 1 is 1.23 bits per heavy atom. The lowest BCUT2D eigenvalue weighted by atomic mass is 10.1. The van der Waals surface area contributed by atoms with Gasteiger partial charge < -0.3 is 14.4 Å². The minimum absolute atomic E-state index is 0.879. The van der Waals surface area contributed by atoms with Crippen LogP contribution < -0.4 is 4.81 Å². The Morgan fingerprint density at radius 2 is 2.00 bits per heavy atom. The van der Waals surface area contributed by atoms with Gasteiger partial charge in [0.15, 0.2) is 0 Å². The molecule has 0 aliphatic heterocycles. The van der Waals surface area contributed by atoms with Crippen LogP contribution >= 0.6 is 0 Å². The van der Waals surface area contributed by atoms with Crippen molar-refractivity contribution in [1.29, 1.82) is 0 Å². The van der Waals surface area contributed by atoms with Crippen LogP contribution in [0.15, 0.2) is 42.7 Å². The maximum Gasteiger partial charge on any atom is 0.219 e. The molecule has 0 spiro atoms. The fourth-order valence-corrected chi connectivity index (χ4v) is 2.87. The largest absolute Gasteiger partial charge is 0.408 e. The summed E-state index contributed by atoms with van der Waals surface area (Å²) >= 11 is 0. The van der Waals surface area contributed by atoms with Gasteiger partial charge in [0, 0.05) is 18.1 Å². The monoisotopic (exact) mass is 289 g/mol. The number of fused-ring (bicyclic) bond motifs is 3. The normalized spacial score (nSPS) is 11.4. The summed E-state index contributed by atoms with van der Waals surface area (Å²) in [6, 6.07) is 12.4. The van der Waals surface area contributed by atoms with Crippen LogP contribution in [0.5, 0.6) is 0 Å². The smallest absolute Gasteiger partial charge is 0.219 e. The molecule has 0 fully saturated rings. The van der Waals surface area contributed by atoms with Crippen molar-refractivity contribution in [2.24, 2.45) is 7.05 Å². The summed E-state index contributed by atoms with van der Waals surface area (Å²) in [5.41, 5.74) is 5.15. The highest BCUT2D eigenvalue weighted by molar-refractivity contribution is 6.20. The molecule has 0 amide bonds. The molecule has 108 valence electrons. The Bertz CT molecular complexity index is 968. The molecule has 4 rings (SSSR count). The van der Waals surface area contributed by atoms with Crippen molar-refractivity contribution in [1.82, 2.24) is 19.5 Å². The first-order chi connectivity index (χ1) is 10.6. The van der Waals surface area contributed by atoms with Gasteiger partial charge in [-0.3, -0.25) is 0 Å². The van der Waals surface area contributed by atoms with E-state index in [1.165, 1.54) is 0 Å². The Balaban J connectivity index is 2.07. The summed E-state index contributed by atoms with van der Waals surface area (Å²) in [6.07, 6.45) is 1.84. The van der Waals surface area contributed by atoms with Crippen molar-refractivity contribution < 1.29 is 0 Å². The summed E-state index contributed by atoms with van der Waals surface area (Å²) in [5.74, 6) is 0.879. The molecule has 1 N–H and O–H groups in total. The fraction of sp³-hybridized carbons (Fsp3) is 0.125. The first kappa shape index (κ1) is 12.9. The van der Waals surface area contributed by atoms with Crippen molar-refractivity contribution in [3.63, 3.8) is 0 Å². The standard InChI is InChI=1S/C16H16BN5/c1-21-9-18-13-14(21)11-8-12(10-6-4-3-5-7-10)19-15(11)20-16(13)22(2)17/h3-9H,17H2,1-2H3,(H,19,20). The van der Waals surface area contributed by atoms with Crippen molar-refractivity contribution in [2.45, 2.75) is 0 Å². The molecule has 0 aliphatic rings. The maximum atomic E-state index is 4.76. The van der Waals surface area contributed by atoms with Gasteiger partial charge in [-0.05, 0) is 18.7 Å². The number of hydrogen-bond acceptors (Lipinski definition) is 3. The van der Waals surface area contributed by atoms with Crippen molar-refractivity contribution >= 4 is 35.9 Å². The number of pyridine rings is 1. The zero-order chi connectivity index (χ0) is 15.3. The van der Waals surface area contributed by atoms with E-state index in [-0.39, 0.29) is 0 Å². The van der Waals surface area contributed by atoms with Crippen LogP contribution in [-0.4, -0.2) is 34.5 Å². The van der Waals surface area contributed by atoms with Crippen LogP contribution in [-0.2, 0) is 7.05 Å². The number of anilines is 1. The summed E-state index contributed by atoms with van der Waals surface area (Å²) in [5, 5.41) is 1.10. The molecule has 4 aromatic rings. The molecule has 1 aromatic carbocycles. The average Bonchev–Trinajstić information content (AvgIpc) is 3.10. The minimum atomic E-state index is 0.879. The molecule has 22 heavy (non-hydrogen) atoms. The number of nitrogens with one attached hydrogen (secondary N) is 1. The molecular formula is C16H16BN5. The Labute approximate surface area is 129 Å². The zero-order valence-corrected chi connectivity index (χ0v) is 12.8. The average molecular weight is 289 g/mol. The van der Waals surface area contributed by atoms with Crippen LogP contribution in [0.4, 0.5) is 5.82 Å². The third-order valence-electron chi connectivity index (χ3n) is 3.93. The lowest BCUT2D eigenvalue weighted by molar-refractivity contribution is 0.951. The molecule has 0 aliphatic carbocycles. The summed E-state index contributed by atoms with van der Waals surface area (Å²) in [6.45, 7) is 0. The highest BCUT2D eigenvalue weighted by Crippen LogP contribution is 2.32. The van der Waals surface area contributed by atoms with Crippen LogP contribution in [0.25, 0.3) is 33.3 Å². The number of rotatable bonds is 2. The van der Waals surface area contributed by atoms with E-state index in [1.54, 1.807) is 0 Å². The Kier molecular flexibility index (Phi) is 2.72. The topological polar surface area (TPSA) is 49.7 Å². The molecule has 6 heteroatoms. The van der Waals surface area contributed by atoms with Gasteiger partial charge in [-0.15, -0.1) is 0 Å². The van der Waals surface area contributed by atoms with E-state index < -0.39 is 0 Å². The molecule has 0 atom stereocenters. The second-order valence-electron chi connectivity index (χ2n) is 5.69. The maximum absolute atomic E-state index is 4.76. The molecule has 3 aromatic heterocycles. The van der Waals surface area contributed by atoms with Crippen LogP contribution in [0.2, 0.25) is 0 Å². The van der Waals surface area contributed by atoms with Gasteiger partial charge in [0.2, 0.25) is 7.98 Å². The molecule has 3 heterocycles. The van der Waals surface area contributed by atoms with Crippen molar-refractivity contribution in [3.8, 4) is 11.3 Å². The van der Waals surface area contributed by atoms with Crippen LogP contribution in [0.3, 0.4) is 0 Å². The number of aryl methyl sites for hydroxylation is 1. The number of nitrogens with zero attached hydrogens (tertiary/aromatic N) is 4. The molecule has 0 saturated heterocycles. The fourth-order valence-electron chi connectivity index (χ4n) is 2.87. The number of H-pyrrole nitrogens is 1. The van der Waals surface area contributed by atoms with E-state index in [0.717, 1.165) is 39.1 Å². The zero-order valence-electron chi connectivity index (χ0n) is 12.8.